The van der Waals surface area contributed by atoms with Crippen LogP contribution in [0, 0.1) is 0 Å². The van der Waals surface area contributed by atoms with Crippen molar-refractivity contribution in [3.63, 3.8) is 0 Å². The lowest BCUT2D eigenvalue weighted by Crippen LogP contribution is -2.42. The van der Waals surface area contributed by atoms with Crippen LogP contribution < -0.4 is 5.46 Å². The topological polar surface area (TPSA) is 20.3 Å². The quantitative estimate of drug-likeness (QED) is 0.703. The molecule has 0 aliphatic rings. The molecule has 2 nitrogen and oxygen atoms in total. The molecule has 0 N–H and O–H groups in total. The van der Waals surface area contributed by atoms with Crippen LogP contribution in [0.1, 0.15) is 38.1 Å². The summed E-state index contributed by atoms with van der Waals surface area (Å²) in [5.74, 6) is 0.0602. The van der Waals surface area contributed by atoms with Gasteiger partial charge in [-0.15, -0.1) is 0 Å². The molecule has 2 radical (unpaired) electrons. The van der Waals surface area contributed by atoms with Crippen molar-refractivity contribution in [1.82, 2.24) is 4.90 Å². The fourth-order valence-corrected chi connectivity index (χ4v) is 1.84. The monoisotopic (exact) mass is 215 g/mol. The zero-order chi connectivity index (χ0) is 12.3. The molecule has 1 amide bonds. The Morgan fingerprint density at radius 2 is 1.50 bits per heavy atom. The molecule has 0 heterocycles. The molecule has 1 rings (SSSR count). The van der Waals surface area contributed by atoms with Gasteiger partial charge in [-0.1, -0.05) is 29.7 Å². The number of rotatable bonds is 3. The molecular formula is C13H18BNO. The van der Waals surface area contributed by atoms with Crippen molar-refractivity contribution in [2.75, 3.05) is 0 Å². The van der Waals surface area contributed by atoms with Crippen molar-refractivity contribution in [2.24, 2.45) is 0 Å². The van der Waals surface area contributed by atoms with Gasteiger partial charge in [-0.05, 0) is 27.7 Å². The highest BCUT2D eigenvalue weighted by Gasteiger charge is 2.20. The lowest BCUT2D eigenvalue weighted by Gasteiger charge is -2.30. The van der Waals surface area contributed by atoms with E-state index >= 15 is 0 Å². The molecule has 0 atom stereocenters. The van der Waals surface area contributed by atoms with Gasteiger partial charge in [0, 0.05) is 17.6 Å². The van der Waals surface area contributed by atoms with Gasteiger partial charge >= 0.3 is 0 Å². The van der Waals surface area contributed by atoms with E-state index in [1.807, 2.05) is 32.6 Å². The van der Waals surface area contributed by atoms with Crippen LogP contribution >= 0.6 is 0 Å². The number of nitrogens with zero attached hydrogens (tertiary/aromatic N) is 1. The van der Waals surface area contributed by atoms with E-state index in [0.717, 1.165) is 0 Å². The van der Waals surface area contributed by atoms with E-state index in [4.69, 9.17) is 7.85 Å². The summed E-state index contributed by atoms with van der Waals surface area (Å²) >= 11 is 0. The molecule has 1 aromatic carbocycles. The van der Waals surface area contributed by atoms with E-state index in [9.17, 15) is 4.79 Å². The second-order valence-electron chi connectivity index (χ2n) is 4.52. The average Bonchev–Trinajstić information content (AvgIpc) is 2.17. The van der Waals surface area contributed by atoms with E-state index in [2.05, 4.69) is 0 Å². The Morgan fingerprint density at radius 1 is 1.06 bits per heavy atom. The molecule has 0 aliphatic carbocycles. The van der Waals surface area contributed by atoms with Gasteiger partial charge in [-0.25, -0.2) is 0 Å². The largest absolute Gasteiger partial charge is 0.334 e. The number of carbonyl (C=O) groups excluding carboxylic acids is 1. The average molecular weight is 215 g/mol. The highest BCUT2D eigenvalue weighted by atomic mass is 16.2. The minimum absolute atomic E-state index is 0.0602. The molecule has 3 heteroatoms. The molecule has 0 bridgehead atoms. The van der Waals surface area contributed by atoms with Crippen LogP contribution in [0.25, 0.3) is 0 Å². The number of hydrogen-bond acceptors (Lipinski definition) is 1. The van der Waals surface area contributed by atoms with Gasteiger partial charge in [0.2, 0.25) is 0 Å². The maximum Gasteiger partial charge on any atom is 0.254 e. The fourth-order valence-electron chi connectivity index (χ4n) is 1.84. The van der Waals surface area contributed by atoms with E-state index in [-0.39, 0.29) is 18.0 Å². The van der Waals surface area contributed by atoms with Crippen molar-refractivity contribution in [3.8, 4) is 0 Å². The highest BCUT2D eigenvalue weighted by Crippen LogP contribution is 2.11. The molecule has 0 unspecified atom stereocenters. The van der Waals surface area contributed by atoms with Crippen molar-refractivity contribution in [3.05, 3.63) is 29.8 Å². The molecule has 0 spiro atoms. The zero-order valence-electron chi connectivity index (χ0n) is 10.4. The van der Waals surface area contributed by atoms with E-state index in [1.165, 1.54) is 0 Å². The van der Waals surface area contributed by atoms with Crippen LogP contribution in [-0.4, -0.2) is 30.7 Å². The normalized spacial score (nSPS) is 10.9. The molecule has 84 valence electrons. The predicted molar refractivity (Wildman–Crippen MR) is 68.3 cm³/mol. The van der Waals surface area contributed by atoms with Crippen molar-refractivity contribution < 1.29 is 4.79 Å². The molecule has 0 saturated heterocycles. The maximum absolute atomic E-state index is 12.2. The molecule has 0 aliphatic heterocycles. The van der Waals surface area contributed by atoms with Crippen LogP contribution in [0.4, 0.5) is 0 Å². The van der Waals surface area contributed by atoms with Crippen LogP contribution in [-0.2, 0) is 0 Å². The summed E-state index contributed by atoms with van der Waals surface area (Å²) in [4.78, 5) is 14.1. The van der Waals surface area contributed by atoms with Crippen LogP contribution in [0.3, 0.4) is 0 Å². The first-order valence-electron chi connectivity index (χ1n) is 5.61. The van der Waals surface area contributed by atoms with Gasteiger partial charge in [0.05, 0.1) is 0 Å². The number of benzene rings is 1. The second-order valence-corrected chi connectivity index (χ2v) is 4.52. The van der Waals surface area contributed by atoms with Crippen molar-refractivity contribution in [2.45, 2.75) is 39.8 Å². The predicted octanol–water partition coefficient (Wildman–Crippen LogP) is 1.74. The van der Waals surface area contributed by atoms with Crippen LogP contribution in [0.5, 0.6) is 0 Å². The SMILES string of the molecule is [B]c1ccc(C(=O)N(C(C)C)C(C)C)cc1. The van der Waals surface area contributed by atoms with Crippen LogP contribution in [0.15, 0.2) is 24.3 Å². The zero-order valence-corrected chi connectivity index (χ0v) is 10.4. The summed E-state index contributed by atoms with van der Waals surface area (Å²) in [7, 11) is 5.60. The smallest absolute Gasteiger partial charge is 0.254 e. The Hall–Kier alpha value is -1.25. The Balaban J connectivity index is 2.95. The summed E-state index contributed by atoms with van der Waals surface area (Å²) in [5, 5.41) is 0. The number of hydrogen-bond donors (Lipinski definition) is 0. The van der Waals surface area contributed by atoms with E-state index in [1.54, 1.807) is 24.3 Å². The Morgan fingerprint density at radius 3 is 1.88 bits per heavy atom. The first-order valence-corrected chi connectivity index (χ1v) is 5.61. The summed E-state index contributed by atoms with van der Waals surface area (Å²) in [5.41, 5.74) is 1.37. The summed E-state index contributed by atoms with van der Waals surface area (Å²) in [6.45, 7) is 8.09. The van der Waals surface area contributed by atoms with Gasteiger partial charge in [-0.3, -0.25) is 4.79 Å². The summed E-state index contributed by atoms with van der Waals surface area (Å²) in [6.07, 6.45) is 0. The fraction of sp³-hybridized carbons (Fsp3) is 0.462. The maximum atomic E-state index is 12.2. The molecular weight excluding hydrogens is 197 g/mol. The van der Waals surface area contributed by atoms with E-state index < -0.39 is 0 Å². The van der Waals surface area contributed by atoms with E-state index in [0.29, 0.717) is 11.0 Å². The summed E-state index contributed by atoms with van der Waals surface area (Å²) < 4.78 is 0. The molecule has 0 aromatic heterocycles. The Labute approximate surface area is 99.1 Å². The standard InChI is InChI=1S/C13H18BNO/c1-9(2)15(10(3)4)13(16)11-5-7-12(14)8-6-11/h5-10H,1-4H3. The van der Waals surface area contributed by atoms with Gasteiger partial charge in [0.1, 0.15) is 7.85 Å². The number of carbonyl (C=O) groups is 1. The lowest BCUT2D eigenvalue weighted by atomic mass is 9.95. The van der Waals surface area contributed by atoms with Gasteiger partial charge in [0.25, 0.3) is 5.91 Å². The second kappa shape index (κ2) is 5.19. The third-order valence-electron chi connectivity index (χ3n) is 2.50. The Bertz CT molecular complexity index is 349. The van der Waals surface area contributed by atoms with Crippen molar-refractivity contribution >= 4 is 19.2 Å². The van der Waals surface area contributed by atoms with Crippen molar-refractivity contribution in [1.29, 1.82) is 0 Å². The molecule has 0 fully saturated rings. The molecule has 16 heavy (non-hydrogen) atoms. The minimum Gasteiger partial charge on any atom is -0.334 e. The van der Waals surface area contributed by atoms with Gasteiger partial charge < -0.3 is 4.90 Å². The third kappa shape index (κ3) is 2.88. The first kappa shape index (κ1) is 12.8. The van der Waals surface area contributed by atoms with Gasteiger partial charge in [0.15, 0.2) is 0 Å². The Kier molecular flexibility index (Phi) is 4.16. The van der Waals surface area contributed by atoms with Gasteiger partial charge in [-0.2, -0.15) is 0 Å². The highest BCUT2D eigenvalue weighted by molar-refractivity contribution is 6.32. The third-order valence-corrected chi connectivity index (χ3v) is 2.50. The lowest BCUT2D eigenvalue weighted by molar-refractivity contribution is 0.0644. The van der Waals surface area contributed by atoms with Crippen LogP contribution in [0.2, 0.25) is 0 Å². The molecule has 0 saturated carbocycles. The minimum atomic E-state index is 0.0602. The first-order chi connectivity index (χ1) is 7.43. The summed E-state index contributed by atoms with van der Waals surface area (Å²) in [6, 6.07) is 7.46. The number of amides is 1. The molecule has 1 aromatic rings.